The molecule has 0 saturated carbocycles. The first-order chi connectivity index (χ1) is 10.0. The summed E-state index contributed by atoms with van der Waals surface area (Å²) in [5, 5.41) is 11.1. The van der Waals surface area contributed by atoms with Crippen LogP contribution in [0, 0.1) is 15.9 Å². The zero-order chi connectivity index (χ0) is 15.4. The maximum absolute atomic E-state index is 13.8. The Kier molecular flexibility index (Phi) is 5.00. The maximum atomic E-state index is 13.8. The van der Waals surface area contributed by atoms with Gasteiger partial charge in [-0.2, -0.15) is 11.8 Å². The fourth-order valence-corrected chi connectivity index (χ4v) is 3.09. The highest BCUT2D eigenvalue weighted by Crippen LogP contribution is 2.32. The molecule has 0 bridgehead atoms. The molecule has 0 spiro atoms. The number of ether oxygens (including phenoxy) is 1. The molecule has 0 N–H and O–H groups in total. The number of halogens is 1. The van der Waals surface area contributed by atoms with E-state index in [1.54, 1.807) is 11.8 Å². The summed E-state index contributed by atoms with van der Waals surface area (Å²) in [7, 11) is 1.14. The molecule has 0 aromatic heterocycles. The molecule has 114 valence electrons. The standard InChI is InChI=1S/C13H15FN2O4S/c1-20-13(17)9-7-11(12(16(18)19)8-10(9)14)15-3-2-5-21-6-4-15/h7-8H,2-6H2,1H3. The van der Waals surface area contributed by atoms with Crippen LogP contribution in [-0.2, 0) is 4.74 Å². The molecule has 2 rings (SSSR count). The third-order valence-corrected chi connectivity index (χ3v) is 4.28. The van der Waals surface area contributed by atoms with Crippen LogP contribution < -0.4 is 4.90 Å². The van der Waals surface area contributed by atoms with Gasteiger partial charge in [0.1, 0.15) is 11.5 Å². The normalized spacial score (nSPS) is 15.4. The summed E-state index contributed by atoms with van der Waals surface area (Å²) in [6.07, 6.45) is 0.882. The van der Waals surface area contributed by atoms with Gasteiger partial charge in [0.25, 0.3) is 5.69 Å². The molecule has 0 radical (unpaired) electrons. The highest BCUT2D eigenvalue weighted by molar-refractivity contribution is 7.99. The number of carbonyl (C=O) groups excluding carboxylic acids is 1. The van der Waals surface area contributed by atoms with Gasteiger partial charge in [0.15, 0.2) is 0 Å². The number of carbonyl (C=O) groups is 1. The summed E-state index contributed by atoms with van der Waals surface area (Å²) >= 11 is 1.77. The summed E-state index contributed by atoms with van der Waals surface area (Å²) in [5.41, 5.74) is -0.341. The number of hydrogen-bond acceptors (Lipinski definition) is 6. The van der Waals surface area contributed by atoms with Gasteiger partial charge in [0.2, 0.25) is 0 Å². The minimum absolute atomic E-state index is 0.268. The van der Waals surface area contributed by atoms with E-state index < -0.39 is 16.7 Å². The van der Waals surface area contributed by atoms with Crippen molar-refractivity contribution in [3.8, 4) is 0 Å². The molecule has 1 heterocycles. The number of benzene rings is 1. The molecule has 8 heteroatoms. The average Bonchev–Trinajstić information content (AvgIpc) is 2.75. The molecule has 21 heavy (non-hydrogen) atoms. The van der Waals surface area contributed by atoms with Crippen molar-refractivity contribution in [2.45, 2.75) is 6.42 Å². The molecule has 6 nitrogen and oxygen atoms in total. The van der Waals surface area contributed by atoms with Crippen LogP contribution in [0.4, 0.5) is 15.8 Å². The van der Waals surface area contributed by atoms with E-state index in [2.05, 4.69) is 4.74 Å². The quantitative estimate of drug-likeness (QED) is 0.485. The van der Waals surface area contributed by atoms with Crippen LogP contribution in [0.2, 0.25) is 0 Å². The van der Waals surface area contributed by atoms with Crippen molar-refractivity contribution in [3.05, 3.63) is 33.6 Å². The van der Waals surface area contributed by atoms with Crippen LogP contribution in [0.25, 0.3) is 0 Å². The number of methoxy groups -OCH3 is 1. The van der Waals surface area contributed by atoms with Crippen LogP contribution in [0.3, 0.4) is 0 Å². The van der Waals surface area contributed by atoms with Gasteiger partial charge < -0.3 is 9.64 Å². The van der Waals surface area contributed by atoms with Crippen molar-refractivity contribution in [1.29, 1.82) is 0 Å². The van der Waals surface area contributed by atoms with E-state index in [-0.39, 0.29) is 16.9 Å². The SMILES string of the molecule is COC(=O)c1cc(N2CCCSCC2)c([N+](=O)[O-])cc1F. The molecule has 0 aliphatic carbocycles. The van der Waals surface area contributed by atoms with E-state index in [1.165, 1.54) is 6.07 Å². The van der Waals surface area contributed by atoms with E-state index in [9.17, 15) is 19.3 Å². The number of nitrogens with zero attached hydrogens (tertiary/aromatic N) is 2. The predicted octanol–water partition coefficient (Wildman–Crippen LogP) is 2.46. The third-order valence-electron chi connectivity index (χ3n) is 3.23. The second-order valence-electron chi connectivity index (χ2n) is 4.52. The lowest BCUT2D eigenvalue weighted by molar-refractivity contribution is -0.384. The van der Waals surface area contributed by atoms with Gasteiger partial charge in [-0.1, -0.05) is 0 Å². The summed E-state index contributed by atoms with van der Waals surface area (Å²) in [5.74, 6) is 0.0339. The number of rotatable bonds is 3. The molecular weight excluding hydrogens is 299 g/mol. The molecular formula is C13H15FN2O4S. The van der Waals surface area contributed by atoms with Crippen molar-refractivity contribution >= 4 is 29.1 Å². The van der Waals surface area contributed by atoms with E-state index in [0.717, 1.165) is 31.1 Å². The third kappa shape index (κ3) is 3.44. The number of nitro groups is 1. The highest BCUT2D eigenvalue weighted by Gasteiger charge is 2.26. The van der Waals surface area contributed by atoms with Crippen molar-refractivity contribution in [2.24, 2.45) is 0 Å². The molecule has 1 aliphatic heterocycles. The summed E-state index contributed by atoms with van der Waals surface area (Å²) in [6, 6.07) is 2.01. The Balaban J connectivity index is 2.49. The first-order valence-electron chi connectivity index (χ1n) is 6.43. The molecule has 1 aromatic carbocycles. The molecule has 1 saturated heterocycles. The van der Waals surface area contributed by atoms with Gasteiger partial charge in [-0.05, 0) is 18.2 Å². The lowest BCUT2D eigenvalue weighted by atomic mass is 10.1. The maximum Gasteiger partial charge on any atom is 0.340 e. The smallest absolute Gasteiger partial charge is 0.340 e. The minimum Gasteiger partial charge on any atom is -0.465 e. The van der Waals surface area contributed by atoms with Gasteiger partial charge in [0, 0.05) is 18.8 Å². The zero-order valence-electron chi connectivity index (χ0n) is 11.5. The molecule has 0 amide bonds. The number of esters is 1. The van der Waals surface area contributed by atoms with Crippen LogP contribution >= 0.6 is 11.8 Å². The topological polar surface area (TPSA) is 72.7 Å². The molecule has 0 unspecified atom stereocenters. The van der Waals surface area contributed by atoms with E-state index in [1.807, 2.05) is 4.90 Å². The Morgan fingerprint density at radius 3 is 2.86 bits per heavy atom. The van der Waals surface area contributed by atoms with E-state index in [0.29, 0.717) is 13.1 Å². The first kappa shape index (κ1) is 15.6. The fraction of sp³-hybridized carbons (Fsp3) is 0.462. The fourth-order valence-electron chi connectivity index (χ4n) is 2.20. The van der Waals surface area contributed by atoms with Gasteiger partial charge in [0.05, 0.1) is 23.7 Å². The number of hydrogen-bond donors (Lipinski definition) is 0. The molecule has 1 aliphatic rings. The van der Waals surface area contributed by atoms with Crippen LogP contribution in [0.5, 0.6) is 0 Å². The van der Waals surface area contributed by atoms with Crippen molar-refractivity contribution in [1.82, 2.24) is 0 Å². The lowest BCUT2D eigenvalue weighted by Gasteiger charge is -2.22. The minimum atomic E-state index is -0.943. The predicted molar refractivity (Wildman–Crippen MR) is 78.5 cm³/mol. The largest absolute Gasteiger partial charge is 0.465 e. The second-order valence-corrected chi connectivity index (χ2v) is 5.75. The average molecular weight is 314 g/mol. The van der Waals surface area contributed by atoms with Gasteiger partial charge in [-0.3, -0.25) is 10.1 Å². The van der Waals surface area contributed by atoms with Crippen LogP contribution in [0.15, 0.2) is 12.1 Å². The number of anilines is 1. The lowest BCUT2D eigenvalue weighted by Crippen LogP contribution is -2.26. The summed E-state index contributed by atoms with van der Waals surface area (Å²) < 4.78 is 18.4. The van der Waals surface area contributed by atoms with Crippen molar-refractivity contribution in [2.75, 3.05) is 36.6 Å². The van der Waals surface area contributed by atoms with Crippen LogP contribution in [0.1, 0.15) is 16.8 Å². The van der Waals surface area contributed by atoms with Crippen molar-refractivity contribution in [3.63, 3.8) is 0 Å². The van der Waals surface area contributed by atoms with Crippen molar-refractivity contribution < 1.29 is 18.8 Å². The monoisotopic (exact) mass is 314 g/mol. The van der Waals surface area contributed by atoms with Gasteiger partial charge in [-0.25, -0.2) is 9.18 Å². The molecule has 1 fully saturated rings. The summed E-state index contributed by atoms with van der Waals surface area (Å²) in [4.78, 5) is 23.9. The van der Waals surface area contributed by atoms with E-state index in [4.69, 9.17) is 0 Å². The highest BCUT2D eigenvalue weighted by atomic mass is 32.2. The zero-order valence-corrected chi connectivity index (χ0v) is 12.3. The van der Waals surface area contributed by atoms with Crippen LogP contribution in [-0.4, -0.2) is 42.6 Å². The van der Waals surface area contributed by atoms with E-state index >= 15 is 0 Å². The number of nitro benzene ring substituents is 1. The Morgan fingerprint density at radius 1 is 1.43 bits per heavy atom. The molecule has 1 aromatic rings. The Hall–Kier alpha value is -1.83. The first-order valence-corrected chi connectivity index (χ1v) is 7.59. The number of thioether (sulfide) groups is 1. The summed E-state index contributed by atoms with van der Waals surface area (Å²) in [6.45, 7) is 1.26. The second kappa shape index (κ2) is 6.75. The Bertz CT molecular complexity index is 559. The van der Waals surface area contributed by atoms with Gasteiger partial charge in [-0.15, -0.1) is 0 Å². The molecule has 0 atom stereocenters. The van der Waals surface area contributed by atoms with Gasteiger partial charge >= 0.3 is 5.97 Å². The Morgan fingerprint density at radius 2 is 2.19 bits per heavy atom. The Labute approximate surface area is 125 Å².